The monoisotopic (exact) mass is 244 g/mol. The molecule has 0 spiro atoms. The zero-order chi connectivity index (χ0) is 13.5. The second-order valence-corrected chi connectivity index (χ2v) is 3.29. The Morgan fingerprint density at radius 2 is 1.94 bits per heavy atom. The van der Waals surface area contributed by atoms with Crippen LogP contribution in [-0.4, -0.2) is 24.3 Å². The highest BCUT2D eigenvalue weighted by atomic mass is 16.6. The summed E-state index contributed by atoms with van der Waals surface area (Å²) in [6, 6.07) is 7.63. The molecule has 0 aliphatic carbocycles. The fourth-order valence-corrected chi connectivity index (χ4v) is 1.41. The van der Waals surface area contributed by atoms with E-state index >= 15 is 0 Å². The summed E-state index contributed by atoms with van der Waals surface area (Å²) in [5.74, 6) is 0. The van der Waals surface area contributed by atoms with Crippen molar-refractivity contribution in [2.45, 2.75) is 0 Å². The molecule has 0 saturated heterocycles. The molecular weight excluding hydrogens is 236 g/mol. The maximum absolute atomic E-state index is 10.8. The van der Waals surface area contributed by atoms with Gasteiger partial charge in [-0.05, 0) is 12.1 Å². The van der Waals surface area contributed by atoms with Crippen molar-refractivity contribution in [3.63, 3.8) is 0 Å². The van der Waals surface area contributed by atoms with Crippen LogP contribution in [0, 0.1) is 32.8 Å². The summed E-state index contributed by atoms with van der Waals surface area (Å²) in [4.78, 5) is 22.2. The van der Waals surface area contributed by atoms with Crippen molar-refractivity contribution in [3.8, 4) is 12.1 Å². The molecule has 18 heavy (non-hydrogen) atoms. The molecule has 1 rings (SSSR count). The third-order valence-electron chi connectivity index (χ3n) is 2.22. The Kier molecular flexibility index (Phi) is 4.35. The molecule has 0 aromatic heterocycles. The summed E-state index contributed by atoms with van der Waals surface area (Å²) in [5, 5.41) is 27.9. The number of hydrogen-bond acceptors (Lipinski definition) is 6. The van der Waals surface area contributed by atoms with E-state index < -0.39 is 4.92 Å². The maximum atomic E-state index is 10.8. The molecule has 0 aliphatic heterocycles. The van der Waals surface area contributed by atoms with Crippen LogP contribution < -0.4 is 4.90 Å². The number of carbonyl (C=O) groups excluding carboxylic acids is 1. The largest absolute Gasteiger partial charge is 0.345 e. The fourth-order valence-electron chi connectivity index (χ4n) is 1.41. The van der Waals surface area contributed by atoms with Crippen LogP contribution in [0.5, 0.6) is 0 Å². The van der Waals surface area contributed by atoms with Gasteiger partial charge in [-0.2, -0.15) is 10.5 Å². The number of nitro groups is 1. The maximum Gasteiger partial charge on any atom is 0.280 e. The van der Waals surface area contributed by atoms with Crippen molar-refractivity contribution in [2.75, 3.05) is 18.0 Å². The molecule has 0 bridgehead atoms. The molecule has 0 amide bonds. The van der Waals surface area contributed by atoms with Crippen LogP contribution in [0.2, 0.25) is 0 Å². The zero-order valence-corrected chi connectivity index (χ0v) is 9.24. The van der Waals surface area contributed by atoms with Gasteiger partial charge in [0.25, 0.3) is 5.69 Å². The smallest absolute Gasteiger partial charge is 0.280 e. The third-order valence-corrected chi connectivity index (χ3v) is 2.22. The molecule has 7 heteroatoms. The van der Waals surface area contributed by atoms with E-state index in [1.165, 1.54) is 23.1 Å². The van der Waals surface area contributed by atoms with Gasteiger partial charge in [-0.25, -0.2) is 0 Å². The van der Waals surface area contributed by atoms with Gasteiger partial charge in [0.2, 0.25) is 0 Å². The Morgan fingerprint density at radius 3 is 2.39 bits per heavy atom. The van der Waals surface area contributed by atoms with E-state index in [9.17, 15) is 14.9 Å². The number of nitriles is 2. The fraction of sp³-hybridized carbons (Fsp3) is 0.182. The molecule has 0 fully saturated rings. The predicted octanol–water partition coefficient (Wildman–Crippen LogP) is 1.26. The number of carbonyl (C=O) groups is 1. The van der Waals surface area contributed by atoms with Crippen LogP contribution in [0.1, 0.15) is 10.4 Å². The van der Waals surface area contributed by atoms with E-state index in [4.69, 9.17) is 10.5 Å². The Hall–Kier alpha value is -2.93. The molecule has 0 unspecified atom stereocenters. The summed E-state index contributed by atoms with van der Waals surface area (Å²) in [5.41, 5.74) is 0.0341. The van der Waals surface area contributed by atoms with Gasteiger partial charge in [-0.1, -0.05) is 0 Å². The minimum absolute atomic E-state index is 0.0380. The lowest BCUT2D eigenvalue weighted by molar-refractivity contribution is -0.385. The number of hydrogen-bond donors (Lipinski definition) is 0. The van der Waals surface area contributed by atoms with Gasteiger partial charge in [-0.3, -0.25) is 14.9 Å². The highest BCUT2D eigenvalue weighted by Crippen LogP contribution is 2.23. The van der Waals surface area contributed by atoms with Gasteiger partial charge < -0.3 is 4.90 Å². The molecule has 0 radical (unpaired) electrons. The molecule has 1 aromatic rings. The molecule has 0 aliphatic rings. The van der Waals surface area contributed by atoms with Crippen LogP contribution in [0.4, 0.5) is 11.4 Å². The number of anilines is 1. The van der Waals surface area contributed by atoms with Gasteiger partial charge in [0.15, 0.2) is 6.29 Å². The summed E-state index contributed by atoms with van der Waals surface area (Å²) >= 11 is 0. The van der Waals surface area contributed by atoms with E-state index in [2.05, 4.69) is 0 Å². The molecular formula is C11H8N4O3. The van der Waals surface area contributed by atoms with E-state index in [1.54, 1.807) is 0 Å². The normalized spacial score (nSPS) is 9.00. The Bertz CT molecular complexity index is 540. The van der Waals surface area contributed by atoms with Gasteiger partial charge in [-0.15, -0.1) is 0 Å². The number of benzene rings is 1. The van der Waals surface area contributed by atoms with Crippen LogP contribution in [0.3, 0.4) is 0 Å². The Labute approximate surface area is 103 Å². The second kappa shape index (κ2) is 5.97. The van der Waals surface area contributed by atoms with E-state index in [0.29, 0.717) is 12.0 Å². The topological polar surface area (TPSA) is 111 Å². The first kappa shape index (κ1) is 13.1. The first-order valence-corrected chi connectivity index (χ1v) is 4.86. The third kappa shape index (κ3) is 2.80. The highest BCUT2D eigenvalue weighted by Gasteiger charge is 2.15. The SMILES string of the molecule is N#CCN(CC#N)c1ccc([N+](=O)[O-])c(C=O)c1. The molecule has 7 nitrogen and oxygen atoms in total. The predicted molar refractivity (Wildman–Crippen MR) is 61.9 cm³/mol. The standard InChI is InChI=1S/C11H8N4O3/c12-3-5-14(6-4-13)10-1-2-11(15(17)18)9(7-10)8-16/h1-2,7-8H,5-6H2. The van der Waals surface area contributed by atoms with Crippen LogP contribution in [0.15, 0.2) is 18.2 Å². The first-order valence-electron chi connectivity index (χ1n) is 4.86. The first-order chi connectivity index (χ1) is 8.63. The molecule has 0 saturated carbocycles. The lowest BCUT2D eigenvalue weighted by Gasteiger charge is -2.18. The van der Waals surface area contributed by atoms with Crippen molar-refractivity contribution >= 4 is 17.7 Å². The van der Waals surface area contributed by atoms with Crippen LogP contribution in [0.25, 0.3) is 0 Å². The van der Waals surface area contributed by atoms with Crippen molar-refractivity contribution in [1.82, 2.24) is 0 Å². The quantitative estimate of drug-likeness (QED) is 0.333. The number of nitrogens with zero attached hydrogens (tertiary/aromatic N) is 4. The Morgan fingerprint density at radius 1 is 1.33 bits per heavy atom. The number of rotatable bonds is 5. The lowest BCUT2D eigenvalue weighted by atomic mass is 10.1. The van der Waals surface area contributed by atoms with Gasteiger partial charge in [0, 0.05) is 11.8 Å². The molecule has 90 valence electrons. The summed E-state index contributed by atoms with van der Waals surface area (Å²) in [7, 11) is 0. The summed E-state index contributed by atoms with van der Waals surface area (Å²) < 4.78 is 0. The lowest BCUT2D eigenvalue weighted by Crippen LogP contribution is -2.23. The van der Waals surface area contributed by atoms with Crippen LogP contribution >= 0.6 is 0 Å². The average Bonchev–Trinajstić information content (AvgIpc) is 2.37. The summed E-state index contributed by atoms with van der Waals surface area (Å²) in [6.07, 6.45) is 0.374. The van der Waals surface area contributed by atoms with E-state index in [-0.39, 0.29) is 24.3 Å². The highest BCUT2D eigenvalue weighted by molar-refractivity contribution is 5.83. The minimum Gasteiger partial charge on any atom is -0.345 e. The molecule has 0 heterocycles. The summed E-state index contributed by atoms with van der Waals surface area (Å²) in [6.45, 7) is -0.0761. The molecule has 0 atom stereocenters. The molecule has 1 aromatic carbocycles. The van der Waals surface area contributed by atoms with Crippen molar-refractivity contribution in [1.29, 1.82) is 10.5 Å². The van der Waals surface area contributed by atoms with Crippen LogP contribution in [-0.2, 0) is 0 Å². The van der Waals surface area contributed by atoms with Crippen molar-refractivity contribution in [2.24, 2.45) is 0 Å². The van der Waals surface area contributed by atoms with Gasteiger partial charge >= 0.3 is 0 Å². The number of aldehydes is 1. The van der Waals surface area contributed by atoms with E-state index in [1.807, 2.05) is 12.1 Å². The van der Waals surface area contributed by atoms with E-state index in [0.717, 1.165) is 0 Å². The average molecular weight is 244 g/mol. The minimum atomic E-state index is -0.660. The van der Waals surface area contributed by atoms with Gasteiger partial charge in [0.05, 0.1) is 22.6 Å². The van der Waals surface area contributed by atoms with Gasteiger partial charge in [0.1, 0.15) is 13.1 Å². The number of nitro benzene ring substituents is 1. The van der Waals surface area contributed by atoms with Crippen molar-refractivity contribution < 1.29 is 9.72 Å². The zero-order valence-electron chi connectivity index (χ0n) is 9.24. The second-order valence-electron chi connectivity index (χ2n) is 3.29. The van der Waals surface area contributed by atoms with Crippen molar-refractivity contribution in [3.05, 3.63) is 33.9 Å². The molecule has 0 N–H and O–H groups in total. The Balaban J connectivity index is 3.19.